The molecule has 4 aliphatic heterocycles. The number of ether oxygens (including phenoxy) is 6. The molecule has 0 saturated carbocycles. The van der Waals surface area contributed by atoms with E-state index < -0.39 is 24.8 Å². The first kappa shape index (κ1) is 51.0. The number of Topliss-reactive ketones (excluding diaryl/α,β-unsaturated/α-hetero) is 2. The van der Waals surface area contributed by atoms with Crippen molar-refractivity contribution >= 4 is 46.6 Å². The topological polar surface area (TPSA) is 224 Å². The van der Waals surface area contributed by atoms with Gasteiger partial charge in [-0.2, -0.15) is 0 Å². The quantitative estimate of drug-likeness (QED) is 0.141. The van der Waals surface area contributed by atoms with Crippen LogP contribution in [0.15, 0.2) is 60.7 Å². The Morgan fingerprint density at radius 3 is 1.46 bits per heavy atom. The van der Waals surface area contributed by atoms with Gasteiger partial charge in [0.2, 0.25) is 25.4 Å². The maximum Gasteiger partial charge on any atom is 0.339 e. The average molecular weight is 968 g/mol. The first-order valence-corrected chi connectivity index (χ1v) is 21.2. The first-order valence-electron chi connectivity index (χ1n) is 21.9. The molecule has 0 unspecified atom stereocenters. The van der Waals surface area contributed by atoms with E-state index in [1.807, 2.05) is 4.90 Å². The number of aromatic carboxylic acids is 1. The number of nitrogens with zero attached hydrogens (tertiary/aromatic N) is 3. The number of ketones is 2. The molecule has 69 heavy (non-hydrogen) atoms. The maximum absolute atomic E-state index is 13.6. The molecule has 4 heterocycles. The summed E-state index contributed by atoms with van der Waals surface area (Å²) < 4.78 is 72.8. The summed E-state index contributed by atoms with van der Waals surface area (Å²) in [5.74, 6) is -0.899. The van der Waals surface area contributed by atoms with Gasteiger partial charge in [0.1, 0.15) is 28.7 Å². The lowest BCUT2D eigenvalue weighted by atomic mass is 10.1. The van der Waals surface area contributed by atoms with Gasteiger partial charge in [-0.1, -0.05) is 0 Å². The van der Waals surface area contributed by atoms with Gasteiger partial charge < -0.3 is 54.4 Å². The molecule has 0 aromatic heterocycles. The number of hydrogen-bond acceptors (Lipinski definition) is 15. The average Bonchev–Trinajstić information content (AvgIpc) is 4.01. The SMILES string of the molecule is CC(=O)c1cc2c(cc1NC(=O)CN1CCNCC1)OCO2.COc1ccc(F)cc1C(=O)N1CCN(CC(=O)Nc2cc3c(cc2C(C)=O)OCO3)CC1.COc1ccc(F)cc1C(=O)O.[2H]CF. The minimum absolute atomic E-state index is 0.0641. The molecule has 4 N–H and O–H groups in total. The molecular weight excluding hydrogens is 914 g/mol. The van der Waals surface area contributed by atoms with Crippen LogP contribution in [-0.2, 0) is 9.59 Å². The summed E-state index contributed by atoms with van der Waals surface area (Å²) in [5, 5.41) is 17.4. The van der Waals surface area contributed by atoms with Crippen molar-refractivity contribution in [2.75, 3.05) is 111 Å². The summed E-state index contributed by atoms with van der Waals surface area (Å²) in [5.41, 5.74) is 1.60. The molecule has 0 atom stereocenters. The fraction of sp³-hybridized carbons (Fsp3) is 0.362. The van der Waals surface area contributed by atoms with Gasteiger partial charge in [0.15, 0.2) is 34.6 Å². The van der Waals surface area contributed by atoms with E-state index in [0.29, 0.717) is 84.0 Å². The van der Waals surface area contributed by atoms with Gasteiger partial charge in [0.25, 0.3) is 5.91 Å². The lowest BCUT2D eigenvalue weighted by Crippen LogP contribution is -2.50. The Hall–Kier alpha value is -7.43. The fourth-order valence-corrected chi connectivity index (χ4v) is 7.30. The summed E-state index contributed by atoms with van der Waals surface area (Å²) in [6, 6.07) is 13.6. The van der Waals surface area contributed by atoms with Crippen LogP contribution in [0.4, 0.5) is 24.5 Å². The predicted octanol–water partition coefficient (Wildman–Crippen LogP) is 4.74. The van der Waals surface area contributed by atoms with E-state index in [9.17, 15) is 41.9 Å². The number of fused-ring (bicyclic) bond motifs is 2. The van der Waals surface area contributed by atoms with Crippen LogP contribution in [0.1, 0.15) is 56.7 Å². The van der Waals surface area contributed by atoms with Crippen LogP contribution >= 0.6 is 0 Å². The van der Waals surface area contributed by atoms with Crippen molar-refractivity contribution < 1.29 is 76.8 Å². The summed E-state index contributed by atoms with van der Waals surface area (Å²) in [4.78, 5) is 77.5. The number of carboxylic acids is 1. The molecule has 2 saturated heterocycles. The second-order valence-corrected chi connectivity index (χ2v) is 15.3. The third-order valence-electron chi connectivity index (χ3n) is 10.7. The van der Waals surface area contributed by atoms with Gasteiger partial charge in [-0.3, -0.25) is 38.2 Å². The summed E-state index contributed by atoms with van der Waals surface area (Å²) in [6.07, 6.45) is 0. The van der Waals surface area contributed by atoms with Gasteiger partial charge in [-0.15, -0.1) is 0 Å². The van der Waals surface area contributed by atoms with E-state index in [1.165, 1.54) is 52.3 Å². The standard InChI is InChI=1S/C23H24FN3O6.C15H19N3O4.C8H7FO3.CH3F/c1-14(28)16-10-20-21(33-13-32-20)11-18(16)25-22(29)12-26-5-7-27(8-6-26)23(30)17-9-15(24)3-4-19(17)31-2;1-10(19)11-6-13-14(22-9-21-13)7-12(11)17-15(20)8-18-4-2-16-3-5-18;1-12-7-3-2-5(9)4-6(7)8(10)11;1-2/h3-4,9-11H,5-8,12-13H2,1-2H3,(H,25,29);6-7,16H,2-5,8-9H2,1H3,(H,17,20);2-4H,1H3,(H,10,11);1H3/i;;;1D. The Labute approximate surface area is 396 Å². The lowest BCUT2D eigenvalue weighted by molar-refractivity contribution is -0.118. The number of alkyl halides is 1. The summed E-state index contributed by atoms with van der Waals surface area (Å²) in [6.45, 7) is 8.64. The van der Waals surface area contributed by atoms with E-state index in [-0.39, 0.29) is 66.3 Å². The van der Waals surface area contributed by atoms with Crippen molar-refractivity contribution in [3.63, 3.8) is 0 Å². The largest absolute Gasteiger partial charge is 0.496 e. The van der Waals surface area contributed by atoms with Crippen LogP contribution in [0.3, 0.4) is 0 Å². The third kappa shape index (κ3) is 14.3. The normalized spacial score (nSPS) is 14.8. The van der Waals surface area contributed by atoms with Crippen LogP contribution in [-0.4, -0.2) is 155 Å². The number of rotatable bonds is 12. The lowest BCUT2D eigenvalue weighted by Gasteiger charge is -2.34. The molecule has 0 aliphatic carbocycles. The number of amides is 3. The number of piperazine rings is 2. The number of anilines is 2. The van der Waals surface area contributed by atoms with Crippen LogP contribution in [0.5, 0.6) is 34.5 Å². The van der Waals surface area contributed by atoms with Crippen molar-refractivity contribution in [3.05, 3.63) is 94.6 Å². The third-order valence-corrected chi connectivity index (χ3v) is 10.7. The molecule has 4 aliphatic rings. The molecule has 19 nitrogen and oxygen atoms in total. The minimum atomic E-state index is -1.20. The smallest absolute Gasteiger partial charge is 0.339 e. The van der Waals surface area contributed by atoms with Crippen molar-refractivity contribution in [2.24, 2.45) is 0 Å². The number of halogens is 3. The van der Waals surface area contributed by atoms with Gasteiger partial charge in [0, 0.05) is 75.6 Å². The van der Waals surface area contributed by atoms with Gasteiger partial charge >= 0.3 is 5.97 Å². The summed E-state index contributed by atoms with van der Waals surface area (Å²) >= 11 is 0. The van der Waals surface area contributed by atoms with Gasteiger partial charge in [0.05, 0.1) is 52.8 Å². The van der Waals surface area contributed by atoms with Crippen LogP contribution in [0, 0.1) is 11.6 Å². The highest BCUT2D eigenvalue weighted by molar-refractivity contribution is 6.06. The predicted molar refractivity (Wildman–Crippen MR) is 244 cm³/mol. The fourth-order valence-electron chi connectivity index (χ4n) is 7.30. The van der Waals surface area contributed by atoms with Crippen molar-refractivity contribution in [1.29, 1.82) is 0 Å². The second-order valence-electron chi connectivity index (χ2n) is 15.3. The zero-order valence-electron chi connectivity index (χ0n) is 39.3. The molecule has 4 aromatic rings. The van der Waals surface area contributed by atoms with Crippen molar-refractivity contribution in [2.45, 2.75) is 13.8 Å². The van der Waals surface area contributed by atoms with Crippen LogP contribution in [0.25, 0.3) is 0 Å². The molecule has 3 amide bonds. The Balaban J connectivity index is 0.000000211. The number of carbonyl (C=O) groups excluding carboxylic acids is 5. The zero-order chi connectivity index (χ0) is 50.9. The number of benzene rings is 4. The molecule has 0 bridgehead atoms. The molecule has 8 rings (SSSR count). The van der Waals surface area contributed by atoms with Gasteiger partial charge in [-0.25, -0.2) is 13.6 Å². The van der Waals surface area contributed by atoms with E-state index in [2.05, 4.69) is 20.9 Å². The Morgan fingerprint density at radius 1 is 0.638 bits per heavy atom. The highest BCUT2D eigenvalue weighted by Gasteiger charge is 2.27. The maximum atomic E-state index is 13.6. The molecular formula is C47H53F3N6O13. The highest BCUT2D eigenvalue weighted by Crippen LogP contribution is 2.38. The van der Waals surface area contributed by atoms with Crippen LogP contribution in [0.2, 0.25) is 0 Å². The first-order chi connectivity index (χ1) is 33.5. The van der Waals surface area contributed by atoms with E-state index in [4.69, 9.17) is 34.9 Å². The molecule has 370 valence electrons. The van der Waals surface area contributed by atoms with Gasteiger partial charge in [-0.05, 0) is 62.4 Å². The highest BCUT2D eigenvalue weighted by atomic mass is 19.1. The van der Waals surface area contributed by atoms with Crippen molar-refractivity contribution in [3.8, 4) is 34.5 Å². The Kier molecular flexibility index (Phi) is 18.5. The number of nitrogens with one attached hydrogen (secondary N) is 3. The monoisotopic (exact) mass is 967 g/mol. The molecule has 0 spiro atoms. The Morgan fingerprint density at radius 2 is 1.04 bits per heavy atom. The molecule has 0 radical (unpaired) electrons. The number of carboxylic acid groups (broad SMARTS) is 1. The van der Waals surface area contributed by atoms with E-state index in [1.54, 1.807) is 29.2 Å². The van der Waals surface area contributed by atoms with Crippen molar-refractivity contribution in [1.82, 2.24) is 20.0 Å². The minimum Gasteiger partial charge on any atom is -0.496 e. The number of carbonyl (C=O) groups is 6. The molecule has 22 heteroatoms. The Bertz CT molecular complexity index is 2540. The second kappa shape index (κ2) is 25.1. The summed E-state index contributed by atoms with van der Waals surface area (Å²) in [7, 11) is 1.76. The van der Waals surface area contributed by atoms with E-state index in [0.717, 1.165) is 38.3 Å². The van der Waals surface area contributed by atoms with Crippen LogP contribution < -0.4 is 44.4 Å². The number of methoxy groups -OCH3 is 2. The zero-order valence-corrected chi connectivity index (χ0v) is 38.3. The number of hydrogen-bond donors (Lipinski definition) is 4. The molecule has 4 aromatic carbocycles. The molecule has 2 fully saturated rings. The van der Waals surface area contributed by atoms with E-state index >= 15 is 0 Å².